The van der Waals surface area contributed by atoms with Gasteiger partial charge in [0, 0.05) is 33.3 Å². The zero-order valence-corrected chi connectivity index (χ0v) is 24.7. The van der Waals surface area contributed by atoms with Gasteiger partial charge in [0.15, 0.2) is 0 Å². The minimum Gasteiger partial charge on any atom is -0.456 e. The third-order valence-corrected chi connectivity index (χ3v) is 10.3. The molecule has 3 aromatic heterocycles. The summed E-state index contributed by atoms with van der Waals surface area (Å²) in [7, 11) is 0. The van der Waals surface area contributed by atoms with E-state index in [1.54, 1.807) is 0 Å². The Balaban J connectivity index is 1.24. The van der Waals surface area contributed by atoms with Crippen LogP contribution in [0.4, 0.5) is 0 Å². The van der Waals surface area contributed by atoms with E-state index in [0.717, 1.165) is 60.7 Å². The molecular weight excluding hydrogens is 560 g/mol. The van der Waals surface area contributed by atoms with Gasteiger partial charge in [-0.2, -0.15) is 0 Å². The number of nitrogens with zero attached hydrogens (tertiary/aromatic N) is 2. The minimum atomic E-state index is -0.543. The van der Waals surface area contributed by atoms with Gasteiger partial charge in [0.2, 0.25) is 0 Å². The Morgan fingerprint density at radius 3 is 1.87 bits per heavy atom. The highest BCUT2D eigenvalue weighted by molar-refractivity contribution is 6.15. The van der Waals surface area contributed by atoms with Crippen LogP contribution in [0.2, 0.25) is 0 Å². The highest BCUT2D eigenvalue weighted by Gasteiger charge is 2.51. The third kappa shape index (κ3) is 2.89. The number of para-hydroxylation sites is 1. The maximum absolute atomic E-state index is 6.12. The second kappa shape index (κ2) is 8.56. The number of aromatic nitrogens is 2. The Morgan fingerprint density at radius 1 is 0.478 bits per heavy atom. The van der Waals surface area contributed by atoms with Gasteiger partial charge in [-0.15, -0.1) is 0 Å². The van der Waals surface area contributed by atoms with Crippen LogP contribution in [0.3, 0.4) is 0 Å². The number of pyridine rings is 2. The molecule has 1 spiro atoms. The van der Waals surface area contributed by atoms with Crippen molar-refractivity contribution >= 4 is 43.6 Å². The van der Waals surface area contributed by atoms with E-state index >= 15 is 0 Å². The van der Waals surface area contributed by atoms with Crippen LogP contribution in [0.15, 0.2) is 150 Å². The summed E-state index contributed by atoms with van der Waals surface area (Å²) in [5.74, 6) is 0. The fourth-order valence-corrected chi connectivity index (χ4v) is 8.44. The molecule has 3 nitrogen and oxygen atoms in total. The van der Waals surface area contributed by atoms with Crippen molar-refractivity contribution in [3.63, 3.8) is 0 Å². The molecule has 0 atom stereocenters. The number of benzene rings is 6. The van der Waals surface area contributed by atoms with E-state index in [-0.39, 0.29) is 0 Å². The molecule has 3 heterocycles. The zero-order valence-electron chi connectivity index (χ0n) is 24.7. The largest absolute Gasteiger partial charge is 0.456 e. The average Bonchev–Trinajstić information content (AvgIpc) is 3.64. The number of furan rings is 1. The molecule has 0 bridgehead atoms. The fourth-order valence-electron chi connectivity index (χ4n) is 8.44. The van der Waals surface area contributed by atoms with Gasteiger partial charge in [-0.3, -0.25) is 9.97 Å². The highest BCUT2D eigenvalue weighted by atomic mass is 16.3. The first-order chi connectivity index (χ1) is 22.8. The molecule has 6 aromatic carbocycles. The van der Waals surface area contributed by atoms with Crippen LogP contribution < -0.4 is 0 Å². The highest BCUT2D eigenvalue weighted by Crippen LogP contribution is 2.61. The van der Waals surface area contributed by atoms with Crippen molar-refractivity contribution in [3.05, 3.63) is 168 Å². The maximum atomic E-state index is 6.12. The lowest BCUT2D eigenvalue weighted by atomic mass is 9.64. The van der Waals surface area contributed by atoms with E-state index in [0.29, 0.717) is 0 Å². The monoisotopic (exact) mass is 584 g/mol. The van der Waals surface area contributed by atoms with Crippen molar-refractivity contribution in [2.75, 3.05) is 0 Å². The lowest BCUT2D eigenvalue weighted by Gasteiger charge is -2.38. The molecule has 9 aromatic rings. The predicted octanol–water partition coefficient (Wildman–Crippen LogP) is 10.7. The summed E-state index contributed by atoms with van der Waals surface area (Å²) in [6, 6.07) is 50.2. The normalized spacial score (nSPS) is 13.8. The smallest absolute Gasteiger partial charge is 0.135 e. The summed E-state index contributed by atoms with van der Waals surface area (Å²) in [5, 5.41) is 5.71. The maximum Gasteiger partial charge on any atom is 0.135 e. The van der Waals surface area contributed by atoms with Crippen molar-refractivity contribution in [2.45, 2.75) is 5.41 Å². The minimum absolute atomic E-state index is 0.543. The van der Waals surface area contributed by atoms with Crippen molar-refractivity contribution in [1.82, 2.24) is 9.97 Å². The Morgan fingerprint density at radius 2 is 1.09 bits per heavy atom. The molecule has 46 heavy (non-hydrogen) atoms. The van der Waals surface area contributed by atoms with Gasteiger partial charge in [0.25, 0.3) is 0 Å². The molecule has 0 saturated carbocycles. The van der Waals surface area contributed by atoms with Gasteiger partial charge in [0.05, 0.1) is 22.3 Å². The van der Waals surface area contributed by atoms with Crippen LogP contribution in [-0.2, 0) is 5.41 Å². The molecule has 0 saturated heterocycles. The Hall–Kier alpha value is -6.06. The van der Waals surface area contributed by atoms with Gasteiger partial charge in [0.1, 0.15) is 11.2 Å². The second-order valence-corrected chi connectivity index (χ2v) is 12.5. The van der Waals surface area contributed by atoms with Crippen LogP contribution in [0.25, 0.3) is 77.1 Å². The van der Waals surface area contributed by atoms with Crippen molar-refractivity contribution in [1.29, 1.82) is 0 Å². The molecule has 11 rings (SSSR count). The number of hydrogen-bond acceptors (Lipinski definition) is 3. The van der Waals surface area contributed by atoms with E-state index in [9.17, 15) is 0 Å². The molecule has 0 N–H and O–H groups in total. The van der Waals surface area contributed by atoms with Crippen LogP contribution in [0.5, 0.6) is 0 Å². The van der Waals surface area contributed by atoms with E-state index in [4.69, 9.17) is 14.4 Å². The molecule has 2 aliphatic carbocycles. The first kappa shape index (κ1) is 24.3. The summed E-state index contributed by atoms with van der Waals surface area (Å²) >= 11 is 0. The summed E-state index contributed by atoms with van der Waals surface area (Å²) in [5.41, 5.74) is 14.1. The van der Waals surface area contributed by atoms with Crippen LogP contribution in [0, 0.1) is 0 Å². The van der Waals surface area contributed by atoms with Crippen LogP contribution in [-0.4, -0.2) is 9.97 Å². The van der Waals surface area contributed by atoms with Crippen LogP contribution >= 0.6 is 0 Å². The van der Waals surface area contributed by atoms with Gasteiger partial charge in [-0.25, -0.2) is 0 Å². The second-order valence-electron chi connectivity index (χ2n) is 12.5. The Labute approximate surface area is 264 Å². The molecule has 0 radical (unpaired) electrons. The SMILES string of the molecule is c1ccc2c(c1)-c1ccccc1C21c2ccccc2-c2nccc3c2c1nc1ccc(-c2ccc4oc5ccccc5c4c2)cc13. The molecule has 0 amide bonds. The standard InChI is InChI=1S/C43H24N2O/c1-5-13-34-27(9-1)28-10-2-6-14-35(28)43(34)36-15-7-3-12-31(36)41-40-30(21-22-44-41)32-23-25(17-19-37(32)45-42(40)43)26-18-20-39-33(24-26)29-11-4-8-16-38(29)46-39/h1-24H. The lowest BCUT2D eigenvalue weighted by molar-refractivity contribution is 0.669. The quantitative estimate of drug-likeness (QED) is 0.180. The van der Waals surface area contributed by atoms with Crippen molar-refractivity contribution < 1.29 is 4.42 Å². The molecule has 2 aliphatic rings. The molecular formula is C43H24N2O. The molecule has 0 unspecified atom stereocenters. The zero-order chi connectivity index (χ0) is 30.0. The number of hydrogen-bond donors (Lipinski definition) is 0. The average molecular weight is 585 g/mol. The third-order valence-electron chi connectivity index (χ3n) is 10.3. The molecule has 0 aliphatic heterocycles. The summed E-state index contributed by atoms with van der Waals surface area (Å²) in [6.07, 6.45) is 1.96. The van der Waals surface area contributed by atoms with Crippen molar-refractivity contribution in [3.8, 4) is 33.5 Å². The van der Waals surface area contributed by atoms with E-state index in [1.807, 2.05) is 18.3 Å². The summed E-state index contributed by atoms with van der Waals surface area (Å²) in [6.45, 7) is 0. The van der Waals surface area contributed by atoms with E-state index < -0.39 is 5.41 Å². The number of rotatable bonds is 1. The van der Waals surface area contributed by atoms with E-state index in [1.165, 1.54) is 38.8 Å². The van der Waals surface area contributed by atoms with Crippen molar-refractivity contribution in [2.24, 2.45) is 0 Å². The van der Waals surface area contributed by atoms with Gasteiger partial charge in [-0.05, 0) is 80.7 Å². The van der Waals surface area contributed by atoms with E-state index in [2.05, 4.69) is 127 Å². The molecule has 0 fully saturated rings. The first-order valence-corrected chi connectivity index (χ1v) is 15.7. The predicted molar refractivity (Wildman–Crippen MR) is 186 cm³/mol. The topological polar surface area (TPSA) is 38.9 Å². The summed E-state index contributed by atoms with van der Waals surface area (Å²) in [4.78, 5) is 10.7. The molecule has 3 heteroatoms. The Kier molecular flexibility index (Phi) is 4.52. The Bertz CT molecular complexity index is 2720. The fraction of sp³-hybridized carbons (Fsp3) is 0.0233. The molecule has 212 valence electrons. The first-order valence-electron chi connectivity index (χ1n) is 15.7. The summed E-state index contributed by atoms with van der Waals surface area (Å²) < 4.78 is 6.12. The van der Waals surface area contributed by atoms with Gasteiger partial charge >= 0.3 is 0 Å². The van der Waals surface area contributed by atoms with Gasteiger partial charge in [-0.1, -0.05) is 103 Å². The number of fused-ring (bicyclic) bond motifs is 14. The van der Waals surface area contributed by atoms with Gasteiger partial charge < -0.3 is 4.42 Å². The lowest BCUT2D eigenvalue weighted by Crippen LogP contribution is -2.33. The van der Waals surface area contributed by atoms with Crippen LogP contribution in [0.1, 0.15) is 22.4 Å².